The van der Waals surface area contributed by atoms with Crippen LogP contribution < -0.4 is 5.32 Å². The molecule has 1 aliphatic heterocycles. The summed E-state index contributed by atoms with van der Waals surface area (Å²) in [7, 11) is 1.32. The highest BCUT2D eigenvalue weighted by Crippen LogP contribution is 2.24. The van der Waals surface area contributed by atoms with Crippen molar-refractivity contribution >= 4 is 11.8 Å². The number of aromatic nitrogens is 3. The molecule has 1 N–H and O–H groups in total. The monoisotopic (exact) mass is 367 g/mol. The maximum atomic E-state index is 13.0. The Bertz CT molecular complexity index is 839. The smallest absolute Gasteiger partial charge is 0.287 e. The van der Waals surface area contributed by atoms with Crippen LogP contribution in [0.5, 0.6) is 0 Å². The first-order chi connectivity index (χ1) is 12.3. The highest BCUT2D eigenvalue weighted by Gasteiger charge is 2.36. The van der Waals surface area contributed by atoms with Gasteiger partial charge in [-0.3, -0.25) is 9.59 Å². The van der Waals surface area contributed by atoms with Crippen molar-refractivity contribution in [3.8, 4) is 0 Å². The molecule has 0 bridgehead atoms. The van der Waals surface area contributed by atoms with Gasteiger partial charge in [0.1, 0.15) is 11.5 Å². The van der Waals surface area contributed by atoms with Crippen molar-refractivity contribution in [3.05, 3.63) is 34.5 Å². The normalized spacial score (nSPS) is 14.6. The molecule has 0 unspecified atom stereocenters. The number of hydrogen-bond donors (Lipinski definition) is 1. The number of rotatable bonds is 5. The van der Waals surface area contributed by atoms with E-state index in [0.29, 0.717) is 25.4 Å². The van der Waals surface area contributed by atoms with E-state index < -0.39 is 18.0 Å². The van der Waals surface area contributed by atoms with Crippen LogP contribution in [0.2, 0.25) is 0 Å². The van der Waals surface area contributed by atoms with E-state index in [1.54, 1.807) is 19.9 Å². The molecule has 0 spiro atoms. The molecule has 3 rings (SSSR count). The molecule has 0 saturated carbocycles. The van der Waals surface area contributed by atoms with Crippen molar-refractivity contribution in [2.45, 2.75) is 20.3 Å². The minimum atomic E-state index is -2.83. The van der Waals surface area contributed by atoms with Crippen LogP contribution in [0.4, 0.5) is 8.78 Å². The number of carbonyl (C=O) groups is 2. The quantitative estimate of drug-likeness (QED) is 0.864. The molecule has 0 aromatic carbocycles. The average molecular weight is 367 g/mol. The number of nitrogens with zero attached hydrogens (tertiary/aromatic N) is 4. The standard InChI is InChI=1S/C16H19F2N5O3/c1-8-4-9(2)26-13(8)15(24)19-5-10-6-23(7-10)16(25)11-12(14(17)18)22(3)21-20-11/h4,10,14H,5-7H2,1-3H3,(H,19,24). The molecule has 140 valence electrons. The largest absolute Gasteiger partial charge is 0.456 e. The number of likely N-dealkylation sites (tertiary alicyclic amines) is 1. The van der Waals surface area contributed by atoms with Crippen LogP contribution in [0.15, 0.2) is 10.5 Å². The third kappa shape index (κ3) is 3.31. The zero-order chi connectivity index (χ0) is 19.0. The molecule has 26 heavy (non-hydrogen) atoms. The predicted octanol–water partition coefficient (Wildman–Crippen LogP) is 1.46. The lowest BCUT2D eigenvalue weighted by molar-refractivity contribution is 0.0480. The molecule has 0 radical (unpaired) electrons. The number of aryl methyl sites for hydroxylation is 3. The van der Waals surface area contributed by atoms with E-state index in [-0.39, 0.29) is 23.3 Å². The second kappa shape index (κ2) is 6.85. The van der Waals surface area contributed by atoms with Gasteiger partial charge in [-0.25, -0.2) is 13.5 Å². The Morgan fingerprint density at radius 3 is 2.65 bits per heavy atom. The first-order valence-electron chi connectivity index (χ1n) is 8.10. The van der Waals surface area contributed by atoms with E-state index in [4.69, 9.17) is 4.42 Å². The van der Waals surface area contributed by atoms with Crippen LogP contribution >= 0.6 is 0 Å². The molecule has 3 heterocycles. The SMILES string of the molecule is Cc1cc(C)c(C(=O)NCC2CN(C(=O)c3nnn(C)c3C(F)F)C2)o1. The van der Waals surface area contributed by atoms with Crippen molar-refractivity contribution in [1.29, 1.82) is 0 Å². The van der Waals surface area contributed by atoms with Crippen LogP contribution in [-0.2, 0) is 7.05 Å². The van der Waals surface area contributed by atoms with E-state index in [9.17, 15) is 18.4 Å². The van der Waals surface area contributed by atoms with Crippen molar-refractivity contribution in [2.75, 3.05) is 19.6 Å². The van der Waals surface area contributed by atoms with Gasteiger partial charge in [0.05, 0.1) is 0 Å². The maximum absolute atomic E-state index is 13.0. The van der Waals surface area contributed by atoms with E-state index in [2.05, 4.69) is 15.6 Å². The Morgan fingerprint density at radius 1 is 1.38 bits per heavy atom. The van der Waals surface area contributed by atoms with Crippen LogP contribution in [0.3, 0.4) is 0 Å². The van der Waals surface area contributed by atoms with Gasteiger partial charge in [-0.05, 0) is 19.9 Å². The van der Waals surface area contributed by atoms with Gasteiger partial charge in [0.15, 0.2) is 11.5 Å². The molecule has 0 atom stereocenters. The number of halogens is 2. The van der Waals surface area contributed by atoms with Crippen molar-refractivity contribution in [3.63, 3.8) is 0 Å². The van der Waals surface area contributed by atoms with Gasteiger partial charge in [-0.15, -0.1) is 5.10 Å². The Kier molecular flexibility index (Phi) is 4.75. The first kappa shape index (κ1) is 18.0. The number of alkyl halides is 2. The molecule has 1 aliphatic rings. The van der Waals surface area contributed by atoms with Gasteiger partial charge >= 0.3 is 0 Å². The fraction of sp³-hybridized carbons (Fsp3) is 0.500. The highest BCUT2D eigenvalue weighted by atomic mass is 19.3. The minimum Gasteiger partial charge on any atom is -0.456 e. The lowest BCUT2D eigenvalue weighted by atomic mass is 9.99. The summed E-state index contributed by atoms with van der Waals surface area (Å²) >= 11 is 0. The van der Waals surface area contributed by atoms with E-state index in [1.165, 1.54) is 11.9 Å². The van der Waals surface area contributed by atoms with Crippen molar-refractivity contribution in [1.82, 2.24) is 25.2 Å². The fourth-order valence-corrected chi connectivity index (χ4v) is 2.96. The molecule has 8 nitrogen and oxygen atoms in total. The average Bonchev–Trinajstić information content (AvgIpc) is 3.07. The molecule has 2 aromatic heterocycles. The summed E-state index contributed by atoms with van der Waals surface area (Å²) in [6, 6.07) is 1.78. The van der Waals surface area contributed by atoms with Crippen molar-refractivity contribution in [2.24, 2.45) is 13.0 Å². The summed E-state index contributed by atoms with van der Waals surface area (Å²) in [6.45, 7) is 4.63. The van der Waals surface area contributed by atoms with Gasteiger partial charge in [0.25, 0.3) is 18.2 Å². The molecular weight excluding hydrogens is 348 g/mol. The second-order valence-electron chi connectivity index (χ2n) is 6.40. The van der Waals surface area contributed by atoms with Crippen LogP contribution in [0.1, 0.15) is 44.5 Å². The third-order valence-electron chi connectivity index (χ3n) is 4.32. The molecule has 10 heteroatoms. The Balaban J connectivity index is 1.52. The molecule has 2 aromatic rings. The van der Waals surface area contributed by atoms with Gasteiger partial charge < -0.3 is 14.6 Å². The van der Waals surface area contributed by atoms with Crippen molar-refractivity contribution < 1.29 is 22.8 Å². The fourth-order valence-electron chi connectivity index (χ4n) is 2.96. The zero-order valence-corrected chi connectivity index (χ0v) is 14.6. The Labute approximate surface area is 148 Å². The first-order valence-corrected chi connectivity index (χ1v) is 8.10. The lowest BCUT2D eigenvalue weighted by Gasteiger charge is -2.38. The van der Waals surface area contributed by atoms with Crippen LogP contribution in [0.25, 0.3) is 0 Å². The lowest BCUT2D eigenvalue weighted by Crippen LogP contribution is -2.54. The maximum Gasteiger partial charge on any atom is 0.287 e. The van der Waals surface area contributed by atoms with E-state index >= 15 is 0 Å². The minimum absolute atomic E-state index is 0.0472. The Hall–Kier alpha value is -2.78. The van der Waals surface area contributed by atoms with Gasteiger partial charge in [-0.2, -0.15) is 0 Å². The molecular formula is C16H19F2N5O3. The summed E-state index contributed by atoms with van der Waals surface area (Å²) in [4.78, 5) is 25.8. The van der Waals surface area contributed by atoms with Crippen LogP contribution in [-0.4, -0.2) is 51.3 Å². The predicted molar refractivity (Wildman–Crippen MR) is 85.9 cm³/mol. The topological polar surface area (TPSA) is 93.3 Å². The van der Waals surface area contributed by atoms with Gasteiger partial charge in [-0.1, -0.05) is 5.21 Å². The van der Waals surface area contributed by atoms with Gasteiger partial charge in [0.2, 0.25) is 0 Å². The number of amides is 2. The second-order valence-corrected chi connectivity index (χ2v) is 6.40. The van der Waals surface area contributed by atoms with Crippen LogP contribution in [0, 0.1) is 19.8 Å². The number of furan rings is 1. The molecule has 0 aliphatic carbocycles. The summed E-state index contributed by atoms with van der Waals surface area (Å²) in [5.41, 5.74) is -0.0605. The number of hydrogen-bond acceptors (Lipinski definition) is 5. The third-order valence-corrected chi connectivity index (χ3v) is 4.32. The summed E-state index contributed by atoms with van der Waals surface area (Å²) in [5, 5.41) is 9.81. The Morgan fingerprint density at radius 2 is 2.08 bits per heavy atom. The molecule has 2 amide bonds. The van der Waals surface area contributed by atoms with E-state index in [1.807, 2.05) is 0 Å². The zero-order valence-electron chi connectivity index (χ0n) is 14.6. The number of nitrogens with one attached hydrogen (secondary N) is 1. The highest BCUT2D eigenvalue weighted by molar-refractivity contribution is 5.94. The summed E-state index contributed by atoms with van der Waals surface area (Å²) in [5.74, 6) is 0.0940. The van der Waals surface area contributed by atoms with E-state index in [0.717, 1.165) is 10.2 Å². The molecule has 1 saturated heterocycles. The van der Waals surface area contributed by atoms with Gasteiger partial charge in [0, 0.05) is 38.2 Å². The summed E-state index contributed by atoms with van der Waals surface area (Å²) < 4.78 is 32.3. The number of carbonyl (C=O) groups excluding carboxylic acids is 2. The molecule has 1 fully saturated rings. The summed E-state index contributed by atoms with van der Waals surface area (Å²) in [6.07, 6.45) is -2.83.